The molecular formula is C12H16N2O3. The Balaban J connectivity index is 2.10. The van der Waals surface area contributed by atoms with Crippen molar-refractivity contribution in [3.05, 3.63) is 39.9 Å². The molecule has 1 unspecified atom stereocenters. The van der Waals surface area contributed by atoms with Crippen molar-refractivity contribution < 1.29 is 9.66 Å². The maximum atomic E-state index is 10.5. The fourth-order valence-electron chi connectivity index (χ4n) is 2.19. The molecule has 0 aromatic heterocycles. The van der Waals surface area contributed by atoms with Crippen LogP contribution in [0.25, 0.3) is 0 Å². The van der Waals surface area contributed by atoms with Crippen molar-refractivity contribution in [3.8, 4) is 0 Å². The highest BCUT2D eigenvalue weighted by molar-refractivity contribution is 5.33. The van der Waals surface area contributed by atoms with Gasteiger partial charge < -0.3 is 10.5 Å². The second-order valence-corrected chi connectivity index (χ2v) is 4.61. The molecule has 5 nitrogen and oxygen atoms in total. The molecule has 1 heterocycles. The van der Waals surface area contributed by atoms with Gasteiger partial charge in [0, 0.05) is 30.7 Å². The fourth-order valence-corrected chi connectivity index (χ4v) is 2.19. The van der Waals surface area contributed by atoms with Crippen LogP contribution in [-0.2, 0) is 11.2 Å². The molecule has 1 fully saturated rings. The fraction of sp³-hybridized carbons (Fsp3) is 0.500. The molecule has 17 heavy (non-hydrogen) atoms. The van der Waals surface area contributed by atoms with Crippen LogP contribution in [0.3, 0.4) is 0 Å². The van der Waals surface area contributed by atoms with E-state index >= 15 is 0 Å². The van der Waals surface area contributed by atoms with E-state index < -0.39 is 0 Å². The van der Waals surface area contributed by atoms with Gasteiger partial charge in [0.1, 0.15) is 0 Å². The van der Waals surface area contributed by atoms with E-state index in [-0.39, 0.29) is 16.0 Å². The Labute approximate surface area is 99.7 Å². The molecule has 1 aliphatic heterocycles. The minimum absolute atomic E-state index is 0.0101. The summed E-state index contributed by atoms with van der Waals surface area (Å²) in [4.78, 5) is 10.2. The molecule has 0 bridgehead atoms. The first-order valence-corrected chi connectivity index (χ1v) is 5.66. The van der Waals surface area contributed by atoms with E-state index in [2.05, 4.69) is 0 Å². The maximum absolute atomic E-state index is 10.5. The van der Waals surface area contributed by atoms with Crippen molar-refractivity contribution in [2.45, 2.75) is 12.8 Å². The first-order valence-electron chi connectivity index (χ1n) is 5.66. The van der Waals surface area contributed by atoms with Crippen molar-refractivity contribution >= 4 is 5.69 Å². The normalized spacial score (nSPS) is 23.8. The van der Waals surface area contributed by atoms with E-state index in [4.69, 9.17) is 10.5 Å². The van der Waals surface area contributed by atoms with E-state index in [1.165, 1.54) is 12.1 Å². The number of nitrogens with zero attached hydrogens (tertiary/aromatic N) is 1. The molecule has 0 radical (unpaired) electrons. The van der Waals surface area contributed by atoms with Crippen LogP contribution in [0.4, 0.5) is 5.69 Å². The molecule has 0 saturated carbocycles. The summed E-state index contributed by atoms with van der Waals surface area (Å²) >= 11 is 0. The predicted octanol–water partition coefficient (Wildman–Crippen LogP) is 1.50. The molecule has 1 aromatic rings. The quantitative estimate of drug-likeness (QED) is 0.634. The minimum atomic E-state index is -0.388. The van der Waals surface area contributed by atoms with Crippen LogP contribution in [0.1, 0.15) is 12.0 Å². The lowest BCUT2D eigenvalue weighted by Crippen LogP contribution is -2.33. The molecule has 1 aromatic carbocycles. The van der Waals surface area contributed by atoms with Gasteiger partial charge in [0.2, 0.25) is 0 Å². The molecule has 2 rings (SSSR count). The minimum Gasteiger partial charge on any atom is -0.381 e. The number of non-ortho nitro benzene ring substituents is 1. The number of ether oxygens (including phenoxy) is 1. The summed E-state index contributed by atoms with van der Waals surface area (Å²) in [6.07, 6.45) is 1.78. The maximum Gasteiger partial charge on any atom is 0.269 e. The van der Waals surface area contributed by atoms with E-state index in [0.717, 1.165) is 25.0 Å². The summed E-state index contributed by atoms with van der Waals surface area (Å²) in [6, 6.07) is 6.67. The lowest BCUT2D eigenvalue weighted by molar-refractivity contribution is -0.384. The smallest absolute Gasteiger partial charge is 0.269 e. The van der Waals surface area contributed by atoms with Gasteiger partial charge in [-0.3, -0.25) is 10.1 Å². The number of hydrogen-bond donors (Lipinski definition) is 1. The molecule has 92 valence electrons. The van der Waals surface area contributed by atoms with Crippen molar-refractivity contribution in [2.24, 2.45) is 11.1 Å². The zero-order valence-electron chi connectivity index (χ0n) is 9.59. The third-order valence-electron chi connectivity index (χ3n) is 3.34. The van der Waals surface area contributed by atoms with E-state index in [0.29, 0.717) is 13.2 Å². The highest BCUT2D eigenvalue weighted by Crippen LogP contribution is 2.31. The number of benzene rings is 1. The number of nitro benzene ring substituents is 1. The molecule has 1 saturated heterocycles. The summed E-state index contributed by atoms with van der Waals surface area (Å²) < 4.78 is 5.40. The summed E-state index contributed by atoms with van der Waals surface area (Å²) in [5.41, 5.74) is 7.02. The lowest BCUT2D eigenvalue weighted by Gasteiger charge is -2.25. The lowest BCUT2D eigenvalue weighted by atomic mass is 9.81. The van der Waals surface area contributed by atoms with Gasteiger partial charge in [-0.25, -0.2) is 0 Å². The van der Waals surface area contributed by atoms with Gasteiger partial charge in [-0.2, -0.15) is 0 Å². The SMILES string of the molecule is NCC1(Cc2ccc([N+](=O)[O-])cc2)CCOC1. The number of hydrogen-bond acceptors (Lipinski definition) is 4. The van der Waals surface area contributed by atoms with Crippen molar-refractivity contribution in [1.29, 1.82) is 0 Å². The molecule has 2 N–H and O–H groups in total. The van der Waals surface area contributed by atoms with E-state index in [1.54, 1.807) is 12.1 Å². The van der Waals surface area contributed by atoms with E-state index in [1.807, 2.05) is 0 Å². The van der Waals surface area contributed by atoms with Crippen LogP contribution in [0.5, 0.6) is 0 Å². The van der Waals surface area contributed by atoms with Crippen molar-refractivity contribution in [2.75, 3.05) is 19.8 Å². The summed E-state index contributed by atoms with van der Waals surface area (Å²) in [6.45, 7) is 2.02. The van der Waals surface area contributed by atoms with Crippen LogP contribution >= 0.6 is 0 Å². The third-order valence-corrected chi connectivity index (χ3v) is 3.34. The Morgan fingerprint density at radius 1 is 1.41 bits per heavy atom. The average molecular weight is 236 g/mol. The Kier molecular flexibility index (Phi) is 3.40. The van der Waals surface area contributed by atoms with Crippen LogP contribution in [-0.4, -0.2) is 24.7 Å². The van der Waals surface area contributed by atoms with Crippen LogP contribution < -0.4 is 5.73 Å². The number of rotatable bonds is 4. The van der Waals surface area contributed by atoms with Crippen LogP contribution in [0.15, 0.2) is 24.3 Å². The van der Waals surface area contributed by atoms with Gasteiger partial charge in [0.15, 0.2) is 0 Å². The first kappa shape index (κ1) is 12.0. The Morgan fingerprint density at radius 2 is 2.12 bits per heavy atom. The molecule has 1 aliphatic rings. The molecule has 1 atom stereocenters. The Morgan fingerprint density at radius 3 is 2.59 bits per heavy atom. The van der Waals surface area contributed by atoms with Gasteiger partial charge in [-0.1, -0.05) is 12.1 Å². The standard InChI is InChI=1S/C12H16N2O3/c13-8-12(5-6-17-9-12)7-10-1-3-11(4-2-10)14(15)16/h1-4H,5-9,13H2. The zero-order valence-corrected chi connectivity index (χ0v) is 9.59. The molecular weight excluding hydrogens is 220 g/mol. The van der Waals surface area contributed by atoms with Gasteiger partial charge in [0.05, 0.1) is 11.5 Å². The Hall–Kier alpha value is -1.46. The third kappa shape index (κ3) is 2.62. The largest absolute Gasteiger partial charge is 0.381 e. The number of nitro groups is 1. The predicted molar refractivity (Wildman–Crippen MR) is 63.7 cm³/mol. The summed E-state index contributed by atoms with van der Waals surface area (Å²) in [5.74, 6) is 0. The number of nitrogens with two attached hydrogens (primary N) is 1. The summed E-state index contributed by atoms with van der Waals surface area (Å²) in [7, 11) is 0. The Bertz CT molecular complexity index is 397. The van der Waals surface area contributed by atoms with Crippen LogP contribution in [0, 0.1) is 15.5 Å². The highest BCUT2D eigenvalue weighted by atomic mass is 16.6. The molecule has 0 spiro atoms. The van der Waals surface area contributed by atoms with Crippen molar-refractivity contribution in [1.82, 2.24) is 0 Å². The van der Waals surface area contributed by atoms with Gasteiger partial charge >= 0.3 is 0 Å². The van der Waals surface area contributed by atoms with E-state index in [9.17, 15) is 10.1 Å². The molecule has 5 heteroatoms. The zero-order chi connectivity index (χ0) is 12.3. The van der Waals surface area contributed by atoms with Gasteiger partial charge in [-0.05, 0) is 18.4 Å². The first-order chi connectivity index (χ1) is 8.15. The van der Waals surface area contributed by atoms with Gasteiger partial charge in [-0.15, -0.1) is 0 Å². The van der Waals surface area contributed by atoms with Crippen molar-refractivity contribution in [3.63, 3.8) is 0 Å². The molecule has 0 aliphatic carbocycles. The topological polar surface area (TPSA) is 78.4 Å². The monoisotopic (exact) mass is 236 g/mol. The second-order valence-electron chi connectivity index (χ2n) is 4.61. The average Bonchev–Trinajstić information content (AvgIpc) is 2.79. The van der Waals surface area contributed by atoms with Gasteiger partial charge in [0.25, 0.3) is 5.69 Å². The highest BCUT2D eigenvalue weighted by Gasteiger charge is 2.33. The molecule has 0 amide bonds. The van der Waals surface area contributed by atoms with Crippen LogP contribution in [0.2, 0.25) is 0 Å². The second kappa shape index (κ2) is 4.81. The summed E-state index contributed by atoms with van der Waals surface area (Å²) in [5, 5.41) is 10.5.